The molecule has 1 saturated carbocycles. The van der Waals surface area contributed by atoms with Crippen molar-refractivity contribution in [3.63, 3.8) is 0 Å². The Kier molecular flexibility index (Phi) is 5.06. The number of hydrogen-bond donors (Lipinski definition) is 2. The van der Waals surface area contributed by atoms with Gasteiger partial charge < -0.3 is 11.1 Å². The third-order valence-corrected chi connectivity index (χ3v) is 7.18. The van der Waals surface area contributed by atoms with E-state index < -0.39 is 36.0 Å². The van der Waals surface area contributed by atoms with Crippen LogP contribution in [0, 0.1) is 11.3 Å². The molecule has 0 bridgehead atoms. The summed E-state index contributed by atoms with van der Waals surface area (Å²) < 4.78 is 0. The van der Waals surface area contributed by atoms with Gasteiger partial charge in [0, 0.05) is 12.1 Å². The van der Waals surface area contributed by atoms with Crippen LogP contribution in [-0.2, 0) is 20.8 Å². The van der Waals surface area contributed by atoms with E-state index in [0.717, 1.165) is 23.3 Å². The minimum atomic E-state index is -0.925. The van der Waals surface area contributed by atoms with Crippen molar-refractivity contribution in [1.82, 2.24) is 10.2 Å². The van der Waals surface area contributed by atoms with Gasteiger partial charge in [-0.15, -0.1) is 0 Å². The van der Waals surface area contributed by atoms with Crippen molar-refractivity contribution in [2.75, 3.05) is 11.4 Å². The molecule has 0 unspecified atom stereocenters. The van der Waals surface area contributed by atoms with Gasteiger partial charge in [-0.2, -0.15) is 0 Å². The molecule has 0 radical (unpaired) electrons. The largest absolute Gasteiger partial charge is 0.368 e. The summed E-state index contributed by atoms with van der Waals surface area (Å²) in [5.74, 6) is -0.964. The Hall–Kier alpha value is -2.90. The van der Waals surface area contributed by atoms with Crippen LogP contribution in [0.15, 0.2) is 24.3 Å². The average Bonchev–Trinajstić information content (AvgIpc) is 3.19. The van der Waals surface area contributed by atoms with Crippen molar-refractivity contribution < 1.29 is 19.2 Å². The van der Waals surface area contributed by atoms with Crippen LogP contribution in [0.1, 0.15) is 52.0 Å². The number of urea groups is 1. The van der Waals surface area contributed by atoms with Gasteiger partial charge in [-0.1, -0.05) is 39.0 Å². The van der Waals surface area contributed by atoms with Crippen molar-refractivity contribution in [1.29, 1.82) is 0 Å². The zero-order chi connectivity index (χ0) is 22.6. The summed E-state index contributed by atoms with van der Waals surface area (Å²) in [7, 11) is 0. The molecule has 2 heterocycles. The number of carbonyl (C=O) groups is 4. The highest BCUT2D eigenvalue weighted by Crippen LogP contribution is 2.43. The lowest BCUT2D eigenvalue weighted by Crippen LogP contribution is -2.52. The molecule has 3 N–H and O–H groups in total. The molecule has 8 nitrogen and oxygen atoms in total. The Balaban J connectivity index is 1.51. The van der Waals surface area contributed by atoms with Gasteiger partial charge in [0.15, 0.2) is 0 Å². The minimum Gasteiger partial charge on any atom is -0.368 e. The monoisotopic (exact) mass is 426 g/mol. The lowest BCUT2D eigenvalue weighted by molar-refractivity contribution is -0.136. The zero-order valence-corrected chi connectivity index (χ0v) is 18.3. The number of amides is 5. The van der Waals surface area contributed by atoms with Gasteiger partial charge in [-0.25, -0.2) is 4.79 Å². The molecule has 2 aliphatic heterocycles. The topological polar surface area (TPSA) is 113 Å². The number of nitrogens with zero attached hydrogens (tertiary/aromatic N) is 2. The number of imide groups is 1. The highest BCUT2D eigenvalue weighted by atomic mass is 16.2. The molecule has 1 saturated heterocycles. The summed E-state index contributed by atoms with van der Waals surface area (Å²) in [5, 5.41) is 2.87. The number of carbonyl (C=O) groups excluding carboxylic acids is 4. The maximum atomic E-state index is 13.2. The lowest BCUT2D eigenvalue weighted by atomic mass is 9.67. The summed E-state index contributed by atoms with van der Waals surface area (Å²) in [6.45, 7) is 6.17. The quantitative estimate of drug-likeness (QED) is 0.719. The second kappa shape index (κ2) is 7.35. The van der Waals surface area contributed by atoms with Crippen LogP contribution in [0.4, 0.5) is 10.5 Å². The molecule has 0 aromatic heterocycles. The Morgan fingerprint density at radius 2 is 1.81 bits per heavy atom. The number of nitrogens with one attached hydrogen (secondary N) is 1. The van der Waals surface area contributed by atoms with Crippen LogP contribution in [-0.4, -0.2) is 46.8 Å². The fourth-order valence-corrected chi connectivity index (χ4v) is 5.27. The van der Waals surface area contributed by atoms with Gasteiger partial charge in [0.2, 0.25) is 11.8 Å². The standard InChI is InChI=1S/C23H30N4O4/c1-22(2,3)15-8-10-23(11-9-15)20(30)26(21(31)25-23)13-18(28)27-16-7-5-4-6-14(16)12-17(27)19(24)29/h4-7,15,17H,8-13H2,1-3H3,(H2,24,29)(H,25,31)/t15?,17-,23?/m0/s1. The molecule has 1 atom stereocenters. The van der Waals surface area contributed by atoms with E-state index in [-0.39, 0.29) is 11.3 Å². The molecule has 1 aliphatic carbocycles. The Bertz CT molecular complexity index is 943. The van der Waals surface area contributed by atoms with Gasteiger partial charge in [0.05, 0.1) is 0 Å². The van der Waals surface area contributed by atoms with E-state index in [2.05, 4.69) is 26.1 Å². The zero-order valence-electron chi connectivity index (χ0n) is 18.3. The van der Waals surface area contributed by atoms with Gasteiger partial charge in [-0.05, 0) is 48.6 Å². The molecule has 4 rings (SSSR count). The first kappa shape index (κ1) is 21.3. The van der Waals surface area contributed by atoms with Gasteiger partial charge in [0.25, 0.3) is 5.91 Å². The number of rotatable bonds is 3. The molecule has 1 aromatic rings. The van der Waals surface area contributed by atoms with E-state index in [4.69, 9.17) is 5.73 Å². The first-order valence-electron chi connectivity index (χ1n) is 10.9. The number of fused-ring (bicyclic) bond motifs is 1. The predicted octanol–water partition coefficient (Wildman–Crippen LogP) is 1.96. The third-order valence-electron chi connectivity index (χ3n) is 7.18. The predicted molar refractivity (Wildman–Crippen MR) is 115 cm³/mol. The van der Waals surface area contributed by atoms with E-state index in [0.29, 0.717) is 30.9 Å². The second-order valence-corrected chi connectivity index (χ2v) is 10.1. The highest BCUT2D eigenvalue weighted by molar-refractivity contribution is 6.12. The van der Waals surface area contributed by atoms with Crippen molar-refractivity contribution in [3.05, 3.63) is 29.8 Å². The van der Waals surface area contributed by atoms with Gasteiger partial charge in [0.1, 0.15) is 18.1 Å². The van der Waals surface area contributed by atoms with Crippen molar-refractivity contribution in [2.45, 2.75) is 64.5 Å². The summed E-state index contributed by atoms with van der Waals surface area (Å²) in [5.41, 5.74) is 6.20. The first-order chi connectivity index (χ1) is 14.5. The summed E-state index contributed by atoms with van der Waals surface area (Å²) in [4.78, 5) is 53.4. The van der Waals surface area contributed by atoms with Crippen LogP contribution in [0.5, 0.6) is 0 Å². The molecule has 1 aromatic carbocycles. The molecule has 2 fully saturated rings. The van der Waals surface area contributed by atoms with Crippen LogP contribution in [0.3, 0.4) is 0 Å². The lowest BCUT2D eigenvalue weighted by Gasteiger charge is -2.40. The smallest absolute Gasteiger partial charge is 0.325 e. The molecule has 1 spiro atoms. The second-order valence-electron chi connectivity index (χ2n) is 10.1. The van der Waals surface area contributed by atoms with Crippen molar-refractivity contribution in [2.24, 2.45) is 17.1 Å². The summed E-state index contributed by atoms with van der Waals surface area (Å²) in [6, 6.07) is 5.84. The van der Waals surface area contributed by atoms with Gasteiger partial charge in [-0.3, -0.25) is 24.2 Å². The van der Waals surface area contributed by atoms with Crippen molar-refractivity contribution >= 4 is 29.4 Å². The maximum absolute atomic E-state index is 13.2. The Morgan fingerprint density at radius 3 is 2.42 bits per heavy atom. The minimum absolute atomic E-state index is 0.149. The van der Waals surface area contributed by atoms with E-state index in [9.17, 15) is 19.2 Å². The fraction of sp³-hybridized carbons (Fsp3) is 0.565. The van der Waals surface area contributed by atoms with Crippen LogP contribution >= 0.6 is 0 Å². The Morgan fingerprint density at radius 1 is 1.16 bits per heavy atom. The maximum Gasteiger partial charge on any atom is 0.325 e. The fourth-order valence-electron chi connectivity index (χ4n) is 5.27. The average molecular weight is 427 g/mol. The number of nitrogens with two attached hydrogens (primary N) is 1. The van der Waals surface area contributed by atoms with Crippen LogP contribution in [0.2, 0.25) is 0 Å². The van der Waals surface area contributed by atoms with E-state index >= 15 is 0 Å². The Labute approximate surface area is 182 Å². The van der Waals surface area contributed by atoms with E-state index in [1.807, 2.05) is 12.1 Å². The number of para-hydroxylation sites is 1. The molecule has 166 valence electrons. The summed E-state index contributed by atoms with van der Waals surface area (Å²) >= 11 is 0. The third kappa shape index (κ3) is 3.58. The number of hydrogen-bond acceptors (Lipinski definition) is 4. The molecule has 3 aliphatic rings. The van der Waals surface area contributed by atoms with Crippen LogP contribution in [0.25, 0.3) is 0 Å². The summed E-state index contributed by atoms with van der Waals surface area (Å²) in [6.07, 6.45) is 3.16. The number of benzene rings is 1. The number of primary amides is 1. The van der Waals surface area contributed by atoms with Gasteiger partial charge >= 0.3 is 6.03 Å². The highest BCUT2D eigenvalue weighted by Gasteiger charge is 2.54. The number of anilines is 1. The molecule has 8 heteroatoms. The SMILES string of the molecule is CC(C)(C)C1CCC2(CC1)NC(=O)N(CC(=O)N1c3ccccc3C[C@H]1C(N)=O)C2=O. The van der Waals surface area contributed by atoms with Crippen molar-refractivity contribution in [3.8, 4) is 0 Å². The van der Waals surface area contributed by atoms with Crippen LogP contribution < -0.4 is 16.0 Å². The molecule has 5 amide bonds. The molecular formula is C23H30N4O4. The van der Waals surface area contributed by atoms with E-state index in [1.165, 1.54) is 4.90 Å². The normalized spacial score (nSPS) is 28.1. The molecular weight excluding hydrogens is 396 g/mol. The van der Waals surface area contributed by atoms with E-state index in [1.54, 1.807) is 12.1 Å². The first-order valence-corrected chi connectivity index (χ1v) is 10.9. The molecule has 31 heavy (non-hydrogen) atoms.